The topological polar surface area (TPSA) is 95.6 Å². The van der Waals surface area contributed by atoms with Crippen LogP contribution in [-0.4, -0.2) is 39.1 Å². The molecule has 2 aromatic rings. The molecule has 0 aromatic heterocycles. The van der Waals surface area contributed by atoms with E-state index in [1.807, 2.05) is 0 Å². The van der Waals surface area contributed by atoms with Crippen LogP contribution in [0.25, 0.3) is 0 Å². The number of benzene rings is 2. The molecule has 0 bridgehead atoms. The summed E-state index contributed by atoms with van der Waals surface area (Å²) in [4.78, 5) is 25.4. The minimum Gasteiger partial charge on any atom is -0.349 e. The zero-order chi connectivity index (χ0) is 22.4. The molecule has 0 atom stereocenters. The molecule has 0 aliphatic heterocycles. The maximum Gasteiger partial charge on any atom is 0.253 e. The number of anilines is 2. The molecule has 0 saturated heterocycles. The number of carbonyl (C=O) groups is 2. The summed E-state index contributed by atoms with van der Waals surface area (Å²) in [5, 5.41) is 5.62. The van der Waals surface area contributed by atoms with Crippen molar-refractivity contribution in [2.75, 3.05) is 22.4 Å². The first-order chi connectivity index (χ1) is 14.7. The fraction of sp³-hybridized carbons (Fsp3) is 0.364. The molecule has 1 fully saturated rings. The van der Waals surface area contributed by atoms with E-state index in [4.69, 9.17) is 0 Å². The first kappa shape index (κ1) is 22.7. The summed E-state index contributed by atoms with van der Waals surface area (Å²) in [6, 6.07) is 11.7. The van der Waals surface area contributed by atoms with Gasteiger partial charge in [-0.15, -0.1) is 0 Å². The van der Waals surface area contributed by atoms with Gasteiger partial charge in [0.25, 0.3) is 5.91 Å². The second-order valence-corrected chi connectivity index (χ2v) is 9.56. The van der Waals surface area contributed by atoms with Crippen LogP contribution < -0.4 is 14.9 Å². The SMILES string of the molecule is CS(=O)(=O)N(CC(=O)Nc1ccccc1C(=O)NC1CCCCC1)c1cccc(F)c1. The molecule has 0 spiro atoms. The molecule has 3 rings (SSSR count). The molecule has 31 heavy (non-hydrogen) atoms. The number of sulfonamides is 1. The summed E-state index contributed by atoms with van der Waals surface area (Å²) in [7, 11) is -3.84. The molecule has 1 aliphatic carbocycles. The van der Waals surface area contributed by atoms with E-state index in [1.165, 1.54) is 24.6 Å². The molecule has 0 radical (unpaired) electrons. The van der Waals surface area contributed by atoms with E-state index in [2.05, 4.69) is 10.6 Å². The number of hydrogen-bond donors (Lipinski definition) is 2. The highest BCUT2D eigenvalue weighted by Gasteiger charge is 2.23. The van der Waals surface area contributed by atoms with Crippen molar-refractivity contribution in [1.82, 2.24) is 5.32 Å². The normalized spacial score (nSPS) is 14.6. The highest BCUT2D eigenvalue weighted by Crippen LogP contribution is 2.21. The zero-order valence-electron chi connectivity index (χ0n) is 17.3. The smallest absolute Gasteiger partial charge is 0.253 e. The number of rotatable bonds is 7. The second kappa shape index (κ2) is 9.91. The maximum atomic E-state index is 13.6. The Morgan fingerprint density at radius 2 is 1.77 bits per heavy atom. The van der Waals surface area contributed by atoms with Crippen LogP contribution >= 0.6 is 0 Å². The number of nitrogens with one attached hydrogen (secondary N) is 2. The third kappa shape index (κ3) is 6.27. The molecule has 2 N–H and O–H groups in total. The van der Waals surface area contributed by atoms with Gasteiger partial charge in [0, 0.05) is 6.04 Å². The number of hydrogen-bond acceptors (Lipinski definition) is 4. The van der Waals surface area contributed by atoms with Gasteiger partial charge in [0.1, 0.15) is 12.4 Å². The van der Waals surface area contributed by atoms with Gasteiger partial charge in [0.2, 0.25) is 15.9 Å². The standard InChI is InChI=1S/C22H26FN3O4S/c1-31(29,30)26(18-11-7-8-16(23)14-18)15-21(27)25-20-13-6-5-12-19(20)22(28)24-17-9-3-2-4-10-17/h5-8,11-14,17H,2-4,9-10,15H2,1H3,(H,24,28)(H,25,27). The minimum atomic E-state index is -3.84. The summed E-state index contributed by atoms with van der Waals surface area (Å²) < 4.78 is 38.8. The fourth-order valence-corrected chi connectivity index (χ4v) is 4.50. The molecular formula is C22H26FN3O4S. The Labute approximate surface area is 181 Å². The van der Waals surface area contributed by atoms with Gasteiger partial charge < -0.3 is 10.6 Å². The van der Waals surface area contributed by atoms with E-state index >= 15 is 0 Å². The summed E-state index contributed by atoms with van der Waals surface area (Å²) in [5.74, 6) is -1.54. The molecule has 9 heteroatoms. The van der Waals surface area contributed by atoms with Crippen LogP contribution in [0.4, 0.5) is 15.8 Å². The van der Waals surface area contributed by atoms with E-state index < -0.39 is 28.3 Å². The van der Waals surface area contributed by atoms with Crippen LogP contribution in [0.3, 0.4) is 0 Å². The summed E-state index contributed by atoms with van der Waals surface area (Å²) >= 11 is 0. The second-order valence-electron chi connectivity index (χ2n) is 7.65. The molecule has 2 amide bonds. The van der Waals surface area contributed by atoms with Gasteiger partial charge in [-0.3, -0.25) is 13.9 Å². The van der Waals surface area contributed by atoms with Gasteiger partial charge in [-0.1, -0.05) is 37.5 Å². The first-order valence-corrected chi connectivity index (χ1v) is 12.0. The van der Waals surface area contributed by atoms with Crippen molar-refractivity contribution in [2.45, 2.75) is 38.1 Å². The highest BCUT2D eigenvalue weighted by molar-refractivity contribution is 7.92. The predicted octanol–water partition coefficient (Wildman–Crippen LogP) is 3.29. The lowest BCUT2D eigenvalue weighted by atomic mass is 9.95. The van der Waals surface area contributed by atoms with Crippen molar-refractivity contribution in [1.29, 1.82) is 0 Å². The number of halogens is 1. The van der Waals surface area contributed by atoms with E-state index in [-0.39, 0.29) is 23.3 Å². The average Bonchev–Trinajstić information content (AvgIpc) is 2.72. The van der Waals surface area contributed by atoms with Crippen molar-refractivity contribution in [3.8, 4) is 0 Å². The first-order valence-electron chi connectivity index (χ1n) is 10.2. The van der Waals surface area contributed by atoms with Crippen LogP contribution in [0.15, 0.2) is 48.5 Å². The van der Waals surface area contributed by atoms with Gasteiger partial charge in [0.15, 0.2) is 0 Å². The van der Waals surface area contributed by atoms with Crippen molar-refractivity contribution >= 4 is 33.2 Å². The van der Waals surface area contributed by atoms with Gasteiger partial charge in [-0.2, -0.15) is 0 Å². The van der Waals surface area contributed by atoms with E-state index in [0.717, 1.165) is 42.3 Å². The third-order valence-electron chi connectivity index (χ3n) is 5.17. The van der Waals surface area contributed by atoms with Crippen molar-refractivity contribution in [2.24, 2.45) is 0 Å². The summed E-state index contributed by atoms with van der Waals surface area (Å²) in [6.45, 7) is -0.555. The zero-order valence-corrected chi connectivity index (χ0v) is 18.1. The molecule has 0 unspecified atom stereocenters. The molecule has 1 saturated carbocycles. The summed E-state index contributed by atoms with van der Waals surface area (Å²) in [6.07, 6.45) is 6.11. The lowest BCUT2D eigenvalue weighted by molar-refractivity contribution is -0.114. The van der Waals surface area contributed by atoms with Gasteiger partial charge in [-0.05, 0) is 43.2 Å². The lowest BCUT2D eigenvalue weighted by Crippen LogP contribution is -2.38. The minimum absolute atomic E-state index is 0.0426. The Bertz CT molecular complexity index is 1050. The van der Waals surface area contributed by atoms with Crippen LogP contribution in [0.2, 0.25) is 0 Å². The van der Waals surface area contributed by atoms with Gasteiger partial charge >= 0.3 is 0 Å². The predicted molar refractivity (Wildman–Crippen MR) is 118 cm³/mol. The average molecular weight is 448 g/mol. The molecule has 2 aromatic carbocycles. The van der Waals surface area contributed by atoms with Crippen LogP contribution in [-0.2, 0) is 14.8 Å². The molecular weight excluding hydrogens is 421 g/mol. The molecule has 7 nitrogen and oxygen atoms in total. The molecule has 0 heterocycles. The van der Waals surface area contributed by atoms with Crippen LogP contribution in [0.1, 0.15) is 42.5 Å². The van der Waals surface area contributed by atoms with Gasteiger partial charge in [-0.25, -0.2) is 12.8 Å². The largest absolute Gasteiger partial charge is 0.349 e. The Morgan fingerprint density at radius 3 is 2.45 bits per heavy atom. The van der Waals surface area contributed by atoms with Crippen molar-refractivity contribution in [3.05, 3.63) is 59.9 Å². The summed E-state index contributed by atoms with van der Waals surface area (Å²) in [5.41, 5.74) is 0.632. The molecule has 1 aliphatic rings. The number of para-hydroxylation sites is 1. The number of nitrogens with zero attached hydrogens (tertiary/aromatic N) is 1. The number of carbonyl (C=O) groups excluding carboxylic acids is 2. The van der Waals surface area contributed by atoms with E-state index in [9.17, 15) is 22.4 Å². The fourth-order valence-electron chi connectivity index (χ4n) is 3.65. The van der Waals surface area contributed by atoms with Crippen LogP contribution in [0, 0.1) is 5.82 Å². The molecule has 166 valence electrons. The van der Waals surface area contributed by atoms with Crippen LogP contribution in [0.5, 0.6) is 0 Å². The highest BCUT2D eigenvalue weighted by atomic mass is 32.2. The monoisotopic (exact) mass is 447 g/mol. The maximum absolute atomic E-state index is 13.6. The van der Waals surface area contributed by atoms with Gasteiger partial charge in [0.05, 0.1) is 23.2 Å². The Balaban J connectivity index is 1.74. The Hall–Kier alpha value is -2.94. The third-order valence-corrected chi connectivity index (χ3v) is 6.31. The van der Waals surface area contributed by atoms with E-state index in [0.29, 0.717) is 5.56 Å². The number of amides is 2. The van der Waals surface area contributed by atoms with Crippen molar-refractivity contribution < 1.29 is 22.4 Å². The Morgan fingerprint density at radius 1 is 1.06 bits per heavy atom. The van der Waals surface area contributed by atoms with E-state index in [1.54, 1.807) is 24.3 Å². The Kier molecular flexibility index (Phi) is 7.27. The quantitative estimate of drug-likeness (QED) is 0.681. The van der Waals surface area contributed by atoms with Crippen molar-refractivity contribution in [3.63, 3.8) is 0 Å². The lowest BCUT2D eigenvalue weighted by Gasteiger charge is -2.24.